The van der Waals surface area contributed by atoms with Gasteiger partial charge in [0.15, 0.2) is 5.82 Å². The van der Waals surface area contributed by atoms with Gasteiger partial charge < -0.3 is 30.1 Å². The number of hydrogen-bond acceptors (Lipinski definition) is 9. The molecule has 4 N–H and O–H groups in total. The maximum Gasteiger partial charge on any atom is 0.162 e. The molecule has 0 bridgehead atoms. The van der Waals surface area contributed by atoms with Crippen molar-refractivity contribution < 1.29 is 19.5 Å². The van der Waals surface area contributed by atoms with Gasteiger partial charge in [0.05, 0.1) is 23.1 Å². The van der Waals surface area contributed by atoms with E-state index >= 15 is 0 Å². The molecule has 1 saturated carbocycles. The van der Waals surface area contributed by atoms with E-state index in [9.17, 15) is 10.2 Å². The van der Waals surface area contributed by atoms with Crippen LogP contribution in [-0.2, 0) is 0 Å². The summed E-state index contributed by atoms with van der Waals surface area (Å²) < 4.78 is 11.1. The summed E-state index contributed by atoms with van der Waals surface area (Å²) in [7, 11) is 1.78. The average molecular weight is 440 g/mol. The Hall–Kier alpha value is -3.01. The van der Waals surface area contributed by atoms with Crippen molar-refractivity contribution in [1.29, 1.82) is 0 Å². The summed E-state index contributed by atoms with van der Waals surface area (Å²) in [5.41, 5.74) is 3.10. The van der Waals surface area contributed by atoms with E-state index in [1.165, 1.54) is 0 Å². The fourth-order valence-corrected chi connectivity index (χ4v) is 3.75. The van der Waals surface area contributed by atoms with Gasteiger partial charge in [-0.25, -0.2) is 9.97 Å². The molecule has 1 aliphatic carbocycles. The van der Waals surface area contributed by atoms with Gasteiger partial charge in [0.25, 0.3) is 0 Å². The zero-order chi connectivity index (χ0) is 22.7. The van der Waals surface area contributed by atoms with Crippen LogP contribution in [0.25, 0.3) is 22.6 Å². The number of aromatic nitrogens is 3. The Kier molecular flexibility index (Phi) is 6.69. The zero-order valence-electron chi connectivity index (χ0n) is 18.5. The molecule has 1 unspecified atom stereocenters. The average Bonchev–Trinajstić information content (AvgIpc) is 3.09. The molecule has 9 nitrogen and oxygen atoms in total. The number of aliphatic hydroxyl groups is 2. The number of aliphatic hydroxyl groups excluding tert-OH is 2. The van der Waals surface area contributed by atoms with E-state index in [-0.39, 0.29) is 18.8 Å². The summed E-state index contributed by atoms with van der Waals surface area (Å²) in [6.07, 6.45) is 0.524. The quantitative estimate of drug-likeness (QED) is 0.397. The topological polar surface area (TPSA) is 126 Å². The van der Waals surface area contributed by atoms with Crippen LogP contribution in [0.15, 0.2) is 34.9 Å². The second kappa shape index (κ2) is 9.64. The number of likely N-dealkylation sites (N-methyl/N-ethyl adjacent to an activating group) is 1. The lowest BCUT2D eigenvalue weighted by Crippen LogP contribution is -2.39. The Balaban J connectivity index is 1.65. The van der Waals surface area contributed by atoms with Crippen molar-refractivity contribution in [3.05, 3.63) is 41.8 Å². The lowest BCUT2D eigenvalue weighted by molar-refractivity contribution is 0.0835. The lowest BCUT2D eigenvalue weighted by Gasteiger charge is -2.32. The van der Waals surface area contributed by atoms with Crippen molar-refractivity contribution in [2.45, 2.75) is 44.9 Å². The fraction of sp³-hybridized carbons (Fsp3) is 0.435. The van der Waals surface area contributed by atoms with Gasteiger partial charge in [0.1, 0.15) is 30.0 Å². The molecule has 9 heteroatoms. The summed E-state index contributed by atoms with van der Waals surface area (Å²) >= 11 is 0. The summed E-state index contributed by atoms with van der Waals surface area (Å²) in [6, 6.07) is 9.54. The number of hydrogen-bond donors (Lipinski definition) is 4. The van der Waals surface area contributed by atoms with Gasteiger partial charge in [-0.15, -0.1) is 0 Å². The molecule has 32 heavy (non-hydrogen) atoms. The van der Waals surface area contributed by atoms with Crippen molar-refractivity contribution in [2.24, 2.45) is 0 Å². The van der Waals surface area contributed by atoms with Gasteiger partial charge in [0, 0.05) is 24.2 Å². The van der Waals surface area contributed by atoms with E-state index in [0.29, 0.717) is 48.2 Å². The zero-order valence-corrected chi connectivity index (χ0v) is 18.5. The Bertz CT molecular complexity index is 1040. The predicted octanol–water partition coefficient (Wildman–Crippen LogP) is 2.31. The first-order chi connectivity index (χ1) is 15.4. The highest BCUT2D eigenvalue weighted by Crippen LogP contribution is 2.31. The molecule has 0 radical (unpaired) electrons. The van der Waals surface area contributed by atoms with E-state index < -0.39 is 6.10 Å². The molecular formula is C23H29N5O4. The SMILES string of the molecule is CNCC(O)COc1cccc(-c2nc(N[C@H]3C[C@H](O)C3)cc(-c3c(C)noc3C)n2)c1. The van der Waals surface area contributed by atoms with Gasteiger partial charge in [-0.05, 0) is 45.9 Å². The first-order valence-electron chi connectivity index (χ1n) is 10.8. The Morgan fingerprint density at radius 2 is 2.03 bits per heavy atom. The van der Waals surface area contributed by atoms with E-state index in [4.69, 9.17) is 19.2 Å². The van der Waals surface area contributed by atoms with Crippen LogP contribution in [0.2, 0.25) is 0 Å². The van der Waals surface area contributed by atoms with Crippen molar-refractivity contribution in [3.8, 4) is 28.4 Å². The highest BCUT2D eigenvalue weighted by Gasteiger charge is 2.28. The molecule has 1 aromatic carbocycles. The number of aryl methyl sites for hydroxylation is 2. The minimum Gasteiger partial charge on any atom is -0.491 e. The molecule has 1 aliphatic rings. The highest BCUT2D eigenvalue weighted by molar-refractivity contribution is 5.70. The number of ether oxygens (including phenoxy) is 1. The largest absolute Gasteiger partial charge is 0.491 e. The minimum atomic E-state index is -0.601. The third kappa shape index (κ3) is 5.07. The molecule has 2 heterocycles. The number of nitrogens with zero attached hydrogens (tertiary/aromatic N) is 3. The van der Waals surface area contributed by atoms with E-state index in [2.05, 4.69) is 15.8 Å². The van der Waals surface area contributed by atoms with Crippen LogP contribution in [0, 0.1) is 13.8 Å². The molecule has 1 fully saturated rings. The second-order valence-corrected chi connectivity index (χ2v) is 8.18. The summed E-state index contributed by atoms with van der Waals surface area (Å²) in [5.74, 6) is 2.53. The predicted molar refractivity (Wildman–Crippen MR) is 121 cm³/mol. The van der Waals surface area contributed by atoms with Gasteiger partial charge in [-0.2, -0.15) is 0 Å². The first kappa shape index (κ1) is 22.2. The molecule has 170 valence electrons. The van der Waals surface area contributed by atoms with Crippen LogP contribution in [-0.4, -0.2) is 63.8 Å². The van der Waals surface area contributed by atoms with E-state index in [0.717, 1.165) is 16.8 Å². The lowest BCUT2D eigenvalue weighted by atomic mass is 9.89. The second-order valence-electron chi connectivity index (χ2n) is 8.18. The van der Waals surface area contributed by atoms with Crippen LogP contribution < -0.4 is 15.4 Å². The van der Waals surface area contributed by atoms with Crippen LogP contribution in [0.5, 0.6) is 5.75 Å². The number of nitrogens with one attached hydrogen (secondary N) is 2. The van der Waals surface area contributed by atoms with Crippen molar-refractivity contribution in [3.63, 3.8) is 0 Å². The monoisotopic (exact) mass is 439 g/mol. The van der Waals surface area contributed by atoms with Crippen LogP contribution in [0.1, 0.15) is 24.3 Å². The summed E-state index contributed by atoms with van der Waals surface area (Å²) in [6.45, 7) is 4.37. The third-order valence-electron chi connectivity index (χ3n) is 5.46. The molecule has 0 spiro atoms. The minimum absolute atomic E-state index is 0.175. The molecule has 3 aromatic rings. The molecule has 0 saturated heterocycles. The van der Waals surface area contributed by atoms with Gasteiger partial charge in [0.2, 0.25) is 0 Å². The molecule has 2 aromatic heterocycles. The first-order valence-corrected chi connectivity index (χ1v) is 10.8. The fourth-order valence-electron chi connectivity index (χ4n) is 3.75. The maximum atomic E-state index is 9.91. The highest BCUT2D eigenvalue weighted by atomic mass is 16.5. The molecular weight excluding hydrogens is 410 g/mol. The van der Waals surface area contributed by atoms with Crippen molar-refractivity contribution in [1.82, 2.24) is 20.4 Å². The Morgan fingerprint density at radius 1 is 1.22 bits per heavy atom. The smallest absolute Gasteiger partial charge is 0.162 e. The van der Waals surface area contributed by atoms with E-state index in [1.807, 2.05) is 44.2 Å². The van der Waals surface area contributed by atoms with Crippen LogP contribution in [0.3, 0.4) is 0 Å². The number of rotatable bonds is 9. The Morgan fingerprint density at radius 3 is 2.72 bits per heavy atom. The van der Waals surface area contributed by atoms with Crippen molar-refractivity contribution >= 4 is 5.82 Å². The molecule has 0 aliphatic heterocycles. The Labute approximate surface area is 186 Å². The standard InChI is InChI=1S/C23H29N5O4/c1-13-22(14(2)32-28-13)20-10-21(25-16-8-17(29)9-16)27-23(26-20)15-5-4-6-19(7-15)31-12-18(30)11-24-3/h4-7,10,16-18,24,29-30H,8-9,11-12H2,1-3H3,(H,25,26,27)/t16-,17-,18?. The van der Waals surface area contributed by atoms with Gasteiger partial charge in [-0.1, -0.05) is 17.3 Å². The number of benzene rings is 1. The van der Waals surface area contributed by atoms with Gasteiger partial charge in [-0.3, -0.25) is 0 Å². The molecule has 4 rings (SSSR count). The van der Waals surface area contributed by atoms with Crippen LogP contribution >= 0.6 is 0 Å². The maximum absolute atomic E-state index is 9.91. The van der Waals surface area contributed by atoms with E-state index in [1.54, 1.807) is 7.05 Å². The third-order valence-corrected chi connectivity index (χ3v) is 5.46. The van der Waals surface area contributed by atoms with Crippen molar-refractivity contribution in [2.75, 3.05) is 25.5 Å². The summed E-state index contributed by atoms with van der Waals surface area (Å²) in [5, 5.41) is 29.9. The molecule has 0 amide bonds. The summed E-state index contributed by atoms with van der Waals surface area (Å²) in [4.78, 5) is 9.50. The number of anilines is 1. The molecule has 1 atom stereocenters. The van der Waals surface area contributed by atoms with Gasteiger partial charge >= 0.3 is 0 Å². The normalized spacial score (nSPS) is 18.8. The van der Waals surface area contributed by atoms with Crippen LogP contribution in [0.4, 0.5) is 5.82 Å².